The molecule has 2 N–H and O–H groups in total. The number of hydrogen-bond donors (Lipinski definition) is 2. The maximum absolute atomic E-state index is 9.44. The lowest BCUT2D eigenvalue weighted by Gasteiger charge is -2.10. The summed E-state index contributed by atoms with van der Waals surface area (Å²) < 4.78 is 0. The van der Waals surface area contributed by atoms with Gasteiger partial charge >= 0.3 is 0 Å². The van der Waals surface area contributed by atoms with Crippen molar-refractivity contribution in [3.05, 3.63) is 22.8 Å². The van der Waals surface area contributed by atoms with Gasteiger partial charge in [-0.05, 0) is 12.5 Å². The Morgan fingerprint density at radius 3 is 2.25 bits per heavy atom. The Hall–Kier alpha value is -0.0200. The van der Waals surface area contributed by atoms with Crippen LogP contribution in [0.3, 0.4) is 0 Å². The number of halogens is 2. The molecule has 0 aromatic heterocycles. The van der Waals surface area contributed by atoms with Crippen LogP contribution in [-0.4, -0.2) is 27.8 Å². The van der Waals surface area contributed by atoms with Gasteiger partial charge in [0.15, 0.2) is 0 Å². The Morgan fingerprint density at radius 1 is 1.33 bits per heavy atom. The number of rotatable bonds is 1. The topological polar surface area (TPSA) is 40.5 Å². The zero-order chi connectivity index (χ0) is 9.30. The van der Waals surface area contributed by atoms with Gasteiger partial charge in [0.05, 0.1) is 16.5 Å². The van der Waals surface area contributed by atoms with Crippen LogP contribution in [0.4, 0.5) is 0 Å². The van der Waals surface area contributed by atoms with Crippen molar-refractivity contribution in [2.45, 2.75) is 24.5 Å². The van der Waals surface area contributed by atoms with E-state index in [4.69, 9.17) is 23.2 Å². The van der Waals surface area contributed by atoms with Gasteiger partial charge in [-0.3, -0.25) is 0 Å². The molecule has 0 spiro atoms. The minimum atomic E-state index is -0.950. The van der Waals surface area contributed by atoms with Crippen LogP contribution in [0, 0.1) is 0 Å². The van der Waals surface area contributed by atoms with Gasteiger partial charge in [-0.1, -0.05) is 23.8 Å². The summed E-state index contributed by atoms with van der Waals surface area (Å²) in [5.41, 5.74) is 0.506. The lowest BCUT2D eigenvalue weighted by molar-refractivity contribution is 0.152. The first-order valence-corrected chi connectivity index (χ1v) is 4.43. The molecule has 0 aliphatic heterocycles. The quantitative estimate of drug-likeness (QED) is 0.641. The molecule has 68 valence electrons. The number of hydrogen-bond acceptors (Lipinski definition) is 2. The average Bonchev–Trinajstić information content (AvgIpc) is 2.23. The van der Waals surface area contributed by atoms with Crippen molar-refractivity contribution < 1.29 is 10.2 Å². The summed E-state index contributed by atoms with van der Waals surface area (Å²) in [7, 11) is 0. The van der Waals surface area contributed by atoms with Crippen LogP contribution in [0.25, 0.3) is 0 Å². The van der Waals surface area contributed by atoms with Gasteiger partial charge in [0.2, 0.25) is 0 Å². The predicted molar refractivity (Wildman–Crippen MR) is 49.3 cm³/mol. The minimum absolute atomic E-state index is 0.237. The van der Waals surface area contributed by atoms with E-state index >= 15 is 0 Å². The summed E-state index contributed by atoms with van der Waals surface area (Å²) >= 11 is 11.4. The first kappa shape index (κ1) is 10.1. The molecule has 0 radical (unpaired) electrons. The zero-order valence-electron chi connectivity index (χ0n) is 6.54. The highest BCUT2D eigenvalue weighted by molar-refractivity contribution is 6.33. The molecular weight excluding hydrogens is 199 g/mol. The Bertz CT molecular complexity index is 235. The minimum Gasteiger partial charge on any atom is -0.387 e. The average molecular weight is 209 g/mol. The van der Waals surface area contributed by atoms with E-state index in [-0.39, 0.29) is 5.03 Å². The molecule has 0 amide bonds. The highest BCUT2D eigenvalue weighted by Gasteiger charge is 2.37. The van der Waals surface area contributed by atoms with E-state index < -0.39 is 17.6 Å². The Morgan fingerprint density at radius 2 is 1.92 bits per heavy atom. The van der Waals surface area contributed by atoms with Gasteiger partial charge in [-0.25, -0.2) is 0 Å². The van der Waals surface area contributed by atoms with E-state index in [1.807, 2.05) is 0 Å². The van der Waals surface area contributed by atoms with E-state index in [9.17, 15) is 10.2 Å². The van der Waals surface area contributed by atoms with Crippen LogP contribution in [-0.2, 0) is 0 Å². The lowest BCUT2D eigenvalue weighted by Crippen LogP contribution is -2.25. The number of aliphatic hydroxyl groups is 2. The summed E-state index contributed by atoms with van der Waals surface area (Å²) in [6.07, 6.45) is 1.57. The molecule has 12 heavy (non-hydrogen) atoms. The molecule has 0 heterocycles. The first-order chi connectivity index (χ1) is 5.59. The molecule has 2 nitrogen and oxygen atoms in total. The molecule has 0 saturated heterocycles. The summed E-state index contributed by atoms with van der Waals surface area (Å²) in [4.78, 5) is 0. The molecule has 1 aliphatic rings. The lowest BCUT2D eigenvalue weighted by atomic mass is 10.2. The van der Waals surface area contributed by atoms with Gasteiger partial charge in [-0.2, -0.15) is 0 Å². The number of aliphatic hydroxyl groups excluding tert-OH is 2. The summed E-state index contributed by atoms with van der Waals surface area (Å²) in [6, 6.07) is 0. The van der Waals surface area contributed by atoms with Crippen LogP contribution in [0.1, 0.15) is 6.92 Å². The van der Waals surface area contributed by atoms with Crippen LogP contribution < -0.4 is 0 Å². The second kappa shape index (κ2) is 3.79. The Kier molecular flexibility index (Phi) is 3.18. The van der Waals surface area contributed by atoms with Crippen LogP contribution >= 0.6 is 23.2 Å². The molecule has 0 bridgehead atoms. The molecular formula is C8H10Cl2O2. The van der Waals surface area contributed by atoms with Gasteiger partial charge in [0.25, 0.3) is 0 Å². The SMILES string of the molecule is CC=CC1=C(Cl)C(O)C(Cl)C1O. The maximum Gasteiger partial charge on any atom is 0.109 e. The first-order valence-electron chi connectivity index (χ1n) is 3.62. The van der Waals surface area contributed by atoms with Crippen molar-refractivity contribution in [2.24, 2.45) is 0 Å². The van der Waals surface area contributed by atoms with Crippen LogP contribution in [0.2, 0.25) is 0 Å². The summed E-state index contributed by atoms with van der Waals surface area (Å²) in [6.45, 7) is 1.80. The smallest absolute Gasteiger partial charge is 0.109 e. The molecule has 3 atom stereocenters. The van der Waals surface area contributed by atoms with Gasteiger partial charge < -0.3 is 10.2 Å². The molecule has 0 saturated carbocycles. The largest absolute Gasteiger partial charge is 0.387 e. The molecule has 0 fully saturated rings. The highest BCUT2D eigenvalue weighted by Crippen LogP contribution is 2.34. The summed E-state index contributed by atoms with van der Waals surface area (Å²) in [5, 5.41) is 18.3. The fourth-order valence-corrected chi connectivity index (χ4v) is 1.79. The second-order valence-corrected chi connectivity index (χ2v) is 3.55. The van der Waals surface area contributed by atoms with Gasteiger partial charge in [0, 0.05) is 0 Å². The second-order valence-electron chi connectivity index (χ2n) is 2.64. The molecule has 1 rings (SSSR count). The third-order valence-electron chi connectivity index (χ3n) is 1.80. The van der Waals surface area contributed by atoms with Gasteiger partial charge in [-0.15, -0.1) is 11.6 Å². The van der Waals surface area contributed by atoms with E-state index in [1.54, 1.807) is 19.1 Å². The van der Waals surface area contributed by atoms with Crippen molar-refractivity contribution in [3.63, 3.8) is 0 Å². The maximum atomic E-state index is 9.44. The molecule has 4 heteroatoms. The van der Waals surface area contributed by atoms with Crippen molar-refractivity contribution >= 4 is 23.2 Å². The predicted octanol–water partition coefficient (Wildman–Crippen LogP) is 1.40. The van der Waals surface area contributed by atoms with Crippen molar-refractivity contribution in [1.29, 1.82) is 0 Å². The highest BCUT2D eigenvalue weighted by atomic mass is 35.5. The van der Waals surface area contributed by atoms with Crippen molar-refractivity contribution in [3.8, 4) is 0 Å². The van der Waals surface area contributed by atoms with E-state index in [2.05, 4.69) is 0 Å². The molecule has 1 aliphatic carbocycles. The van der Waals surface area contributed by atoms with E-state index in [0.29, 0.717) is 5.57 Å². The molecule has 0 aromatic carbocycles. The zero-order valence-corrected chi connectivity index (χ0v) is 8.05. The normalized spacial score (nSPS) is 36.9. The van der Waals surface area contributed by atoms with Crippen molar-refractivity contribution in [1.82, 2.24) is 0 Å². The molecule has 0 aromatic rings. The standard InChI is InChI=1S/C8H10Cl2O2/c1-2-3-4-5(9)8(12)6(10)7(4)11/h2-3,6-8,11-12H,1H3. The Labute approximate surface area is 81.1 Å². The fourth-order valence-electron chi connectivity index (χ4n) is 1.15. The number of allylic oxidation sites excluding steroid dienone is 1. The van der Waals surface area contributed by atoms with Crippen LogP contribution in [0.15, 0.2) is 22.8 Å². The fraction of sp³-hybridized carbons (Fsp3) is 0.500. The summed E-state index contributed by atoms with van der Waals surface area (Å²) in [5.74, 6) is 0. The van der Waals surface area contributed by atoms with Gasteiger partial charge in [0.1, 0.15) is 6.10 Å². The molecule has 3 unspecified atom stereocenters. The monoisotopic (exact) mass is 208 g/mol. The van der Waals surface area contributed by atoms with E-state index in [0.717, 1.165) is 0 Å². The third kappa shape index (κ3) is 1.52. The van der Waals surface area contributed by atoms with E-state index in [1.165, 1.54) is 0 Å². The van der Waals surface area contributed by atoms with Crippen molar-refractivity contribution in [2.75, 3.05) is 0 Å². The Balaban J connectivity index is 2.96. The third-order valence-corrected chi connectivity index (χ3v) is 2.72. The number of alkyl halides is 1. The van der Waals surface area contributed by atoms with Crippen LogP contribution in [0.5, 0.6) is 0 Å².